The average Bonchev–Trinajstić information content (AvgIpc) is 2.40. The van der Waals surface area contributed by atoms with Crippen LogP contribution in [-0.2, 0) is 0 Å². The number of hydrogen-bond acceptors (Lipinski definition) is 3. The Bertz CT molecular complexity index is 499. The van der Waals surface area contributed by atoms with Gasteiger partial charge in [-0.2, -0.15) is 0 Å². The molecule has 1 aromatic carbocycles. The van der Waals surface area contributed by atoms with Gasteiger partial charge in [0, 0.05) is 30.0 Å². The molecule has 0 amide bonds. The molecule has 3 heteroatoms. The molecule has 1 aromatic heterocycles. The summed E-state index contributed by atoms with van der Waals surface area (Å²) in [6, 6.07) is 11.7. The molecule has 94 valence electrons. The fourth-order valence-corrected chi connectivity index (χ4v) is 2.07. The second kappa shape index (κ2) is 5.65. The van der Waals surface area contributed by atoms with Crippen molar-refractivity contribution >= 4 is 0 Å². The lowest BCUT2D eigenvalue weighted by atomic mass is 10.0. The molecule has 0 fully saturated rings. The van der Waals surface area contributed by atoms with Crippen molar-refractivity contribution < 1.29 is 5.11 Å². The third-order valence-electron chi connectivity index (χ3n) is 3.11. The van der Waals surface area contributed by atoms with E-state index in [-0.39, 0.29) is 12.1 Å². The molecule has 0 aliphatic carbocycles. The van der Waals surface area contributed by atoms with Crippen molar-refractivity contribution in [3.8, 4) is 5.75 Å². The largest absolute Gasteiger partial charge is 0.508 e. The molecular formula is C15H18N2O. The maximum atomic E-state index is 9.81. The number of hydrogen-bond donors (Lipinski definition) is 2. The Labute approximate surface area is 108 Å². The van der Waals surface area contributed by atoms with Crippen LogP contribution >= 0.6 is 0 Å². The molecule has 3 nitrogen and oxygen atoms in total. The van der Waals surface area contributed by atoms with Crippen LogP contribution in [0.15, 0.2) is 48.8 Å². The third kappa shape index (κ3) is 2.87. The van der Waals surface area contributed by atoms with Gasteiger partial charge in [0.2, 0.25) is 0 Å². The van der Waals surface area contributed by atoms with Gasteiger partial charge >= 0.3 is 0 Å². The van der Waals surface area contributed by atoms with E-state index in [1.54, 1.807) is 18.5 Å². The quantitative estimate of drug-likeness (QED) is 0.865. The Hall–Kier alpha value is -1.87. The number of pyridine rings is 1. The van der Waals surface area contributed by atoms with Crippen molar-refractivity contribution in [1.82, 2.24) is 10.3 Å². The Balaban J connectivity index is 2.08. The summed E-state index contributed by atoms with van der Waals surface area (Å²) in [6.45, 7) is 4.15. The van der Waals surface area contributed by atoms with Crippen molar-refractivity contribution in [3.63, 3.8) is 0 Å². The van der Waals surface area contributed by atoms with Crippen LogP contribution < -0.4 is 5.32 Å². The average molecular weight is 242 g/mol. The van der Waals surface area contributed by atoms with Gasteiger partial charge in [-0.3, -0.25) is 4.98 Å². The van der Waals surface area contributed by atoms with Crippen molar-refractivity contribution in [2.75, 3.05) is 0 Å². The van der Waals surface area contributed by atoms with Crippen LogP contribution in [0.5, 0.6) is 5.75 Å². The highest BCUT2D eigenvalue weighted by atomic mass is 16.3. The summed E-state index contributed by atoms with van der Waals surface area (Å²) in [5.41, 5.74) is 2.10. The molecule has 2 atom stereocenters. The van der Waals surface area contributed by atoms with E-state index in [9.17, 15) is 5.11 Å². The van der Waals surface area contributed by atoms with Crippen LogP contribution in [0.4, 0.5) is 0 Å². The molecule has 0 aliphatic heterocycles. The summed E-state index contributed by atoms with van der Waals surface area (Å²) in [7, 11) is 0. The van der Waals surface area contributed by atoms with Gasteiger partial charge in [-0.05, 0) is 37.6 Å². The molecule has 1 heterocycles. The molecule has 0 radical (unpaired) electrons. The zero-order chi connectivity index (χ0) is 13.0. The number of nitrogens with zero attached hydrogens (tertiary/aromatic N) is 1. The van der Waals surface area contributed by atoms with E-state index in [1.165, 1.54) is 5.56 Å². The van der Waals surface area contributed by atoms with Crippen molar-refractivity contribution in [2.45, 2.75) is 25.9 Å². The molecule has 1 unspecified atom stereocenters. The van der Waals surface area contributed by atoms with Crippen LogP contribution in [-0.4, -0.2) is 10.1 Å². The Morgan fingerprint density at radius 2 is 1.67 bits per heavy atom. The zero-order valence-electron chi connectivity index (χ0n) is 10.7. The van der Waals surface area contributed by atoms with Gasteiger partial charge in [0.15, 0.2) is 0 Å². The van der Waals surface area contributed by atoms with Gasteiger partial charge in [-0.1, -0.05) is 18.2 Å². The van der Waals surface area contributed by atoms with E-state index in [0.29, 0.717) is 5.75 Å². The SMILES string of the molecule is CC(N[C@H](C)c1ccncc1)c1ccccc1O. The molecule has 2 aromatic rings. The zero-order valence-corrected chi connectivity index (χ0v) is 10.7. The lowest BCUT2D eigenvalue weighted by Gasteiger charge is -2.21. The first-order valence-electron chi connectivity index (χ1n) is 6.12. The summed E-state index contributed by atoms with van der Waals surface area (Å²) in [4.78, 5) is 4.01. The van der Waals surface area contributed by atoms with Crippen molar-refractivity contribution in [2.24, 2.45) is 0 Å². The molecular weight excluding hydrogens is 224 g/mol. The number of benzene rings is 1. The number of para-hydroxylation sites is 1. The predicted octanol–water partition coefficient (Wildman–Crippen LogP) is 3.20. The van der Waals surface area contributed by atoms with Crippen LogP contribution in [0.3, 0.4) is 0 Å². The van der Waals surface area contributed by atoms with Gasteiger partial charge in [0.25, 0.3) is 0 Å². The standard InChI is InChI=1S/C15H18N2O/c1-11(13-7-9-16-10-8-13)17-12(2)14-5-3-4-6-15(14)18/h3-12,17-18H,1-2H3/t11-,12?/m1/s1. The van der Waals surface area contributed by atoms with Crippen LogP contribution in [0, 0.1) is 0 Å². The topological polar surface area (TPSA) is 45.2 Å². The lowest BCUT2D eigenvalue weighted by molar-refractivity contribution is 0.438. The normalized spacial score (nSPS) is 14.1. The Kier molecular flexibility index (Phi) is 3.95. The number of nitrogens with one attached hydrogen (secondary N) is 1. The first-order chi connectivity index (χ1) is 8.68. The molecule has 0 spiro atoms. The van der Waals surface area contributed by atoms with Crippen molar-refractivity contribution in [1.29, 1.82) is 0 Å². The smallest absolute Gasteiger partial charge is 0.120 e. The lowest BCUT2D eigenvalue weighted by Crippen LogP contribution is -2.22. The molecule has 0 saturated heterocycles. The predicted molar refractivity (Wildman–Crippen MR) is 72.3 cm³/mol. The van der Waals surface area contributed by atoms with Crippen LogP contribution in [0.2, 0.25) is 0 Å². The minimum absolute atomic E-state index is 0.0920. The first-order valence-corrected chi connectivity index (χ1v) is 6.12. The number of phenols is 1. The number of phenolic OH excluding ortho intramolecular Hbond substituents is 1. The van der Waals surface area contributed by atoms with E-state index in [2.05, 4.69) is 17.2 Å². The Morgan fingerprint density at radius 1 is 1.00 bits per heavy atom. The van der Waals surface area contributed by atoms with Gasteiger partial charge in [0.05, 0.1) is 0 Å². The number of aromatic hydroxyl groups is 1. The van der Waals surface area contributed by atoms with Crippen LogP contribution in [0.1, 0.15) is 37.1 Å². The Morgan fingerprint density at radius 3 is 2.33 bits per heavy atom. The summed E-state index contributed by atoms with van der Waals surface area (Å²) >= 11 is 0. The summed E-state index contributed by atoms with van der Waals surface area (Å²) in [5, 5.41) is 13.3. The highest BCUT2D eigenvalue weighted by molar-refractivity contribution is 5.34. The molecule has 0 bridgehead atoms. The van der Waals surface area contributed by atoms with Gasteiger partial charge in [-0.15, -0.1) is 0 Å². The number of rotatable bonds is 4. The molecule has 0 aliphatic rings. The van der Waals surface area contributed by atoms with Gasteiger partial charge in [-0.25, -0.2) is 0 Å². The van der Waals surface area contributed by atoms with E-state index in [4.69, 9.17) is 0 Å². The highest BCUT2D eigenvalue weighted by Gasteiger charge is 2.13. The maximum Gasteiger partial charge on any atom is 0.120 e. The fourth-order valence-electron chi connectivity index (χ4n) is 2.07. The summed E-state index contributed by atoms with van der Waals surface area (Å²) in [6.07, 6.45) is 3.58. The molecule has 0 saturated carbocycles. The summed E-state index contributed by atoms with van der Waals surface area (Å²) < 4.78 is 0. The van der Waals surface area contributed by atoms with E-state index < -0.39 is 0 Å². The van der Waals surface area contributed by atoms with Gasteiger partial charge in [0.1, 0.15) is 5.75 Å². The second-order valence-corrected chi connectivity index (χ2v) is 4.45. The van der Waals surface area contributed by atoms with E-state index >= 15 is 0 Å². The van der Waals surface area contributed by atoms with Crippen molar-refractivity contribution in [3.05, 3.63) is 59.9 Å². The molecule has 2 N–H and O–H groups in total. The second-order valence-electron chi connectivity index (χ2n) is 4.45. The highest BCUT2D eigenvalue weighted by Crippen LogP contribution is 2.25. The van der Waals surface area contributed by atoms with E-state index in [0.717, 1.165) is 5.56 Å². The minimum atomic E-state index is 0.0920. The number of aromatic nitrogens is 1. The van der Waals surface area contributed by atoms with E-state index in [1.807, 2.05) is 37.3 Å². The monoisotopic (exact) mass is 242 g/mol. The first kappa shape index (κ1) is 12.6. The fraction of sp³-hybridized carbons (Fsp3) is 0.267. The van der Waals surface area contributed by atoms with Gasteiger partial charge < -0.3 is 10.4 Å². The van der Waals surface area contributed by atoms with Crippen LogP contribution in [0.25, 0.3) is 0 Å². The maximum absolute atomic E-state index is 9.81. The molecule has 18 heavy (non-hydrogen) atoms. The third-order valence-corrected chi connectivity index (χ3v) is 3.11. The summed E-state index contributed by atoms with van der Waals surface area (Å²) in [5.74, 6) is 0.333. The molecule has 2 rings (SSSR count). The minimum Gasteiger partial charge on any atom is -0.508 e.